The highest BCUT2D eigenvalue weighted by atomic mass is 16.5. The molecule has 0 radical (unpaired) electrons. The van der Waals surface area contributed by atoms with Gasteiger partial charge in [-0.15, -0.1) is 0 Å². The summed E-state index contributed by atoms with van der Waals surface area (Å²) in [5.41, 5.74) is 5.89. The third kappa shape index (κ3) is 6.59. The maximum atomic E-state index is 12.2. The molecule has 2 saturated carbocycles. The highest BCUT2D eigenvalue weighted by Crippen LogP contribution is 2.65. The number of unbranched alkanes of at least 4 members (excludes halogenated alkanes) is 5. The SMILES string of the molecule is CCCCN(C)C(=O)CCCCCCCc1ccc([C@H]2C[C@]3(C)[C@@H](O)CC[C@H]3[C@@H]3CCc4cc(OC)ccc4[C@H]32)cc1. The van der Waals surface area contributed by atoms with Gasteiger partial charge in [-0.2, -0.15) is 0 Å². The van der Waals surface area contributed by atoms with Crippen LogP contribution in [-0.2, 0) is 17.6 Å². The molecule has 230 valence electrons. The molecule has 4 nitrogen and oxygen atoms in total. The largest absolute Gasteiger partial charge is 0.497 e. The number of fused-ring (bicyclic) bond motifs is 5. The van der Waals surface area contributed by atoms with Gasteiger partial charge in [-0.1, -0.05) is 69.9 Å². The molecule has 2 fully saturated rings. The number of amides is 1. The number of aliphatic hydroxyl groups excluding tert-OH is 1. The summed E-state index contributed by atoms with van der Waals surface area (Å²) in [7, 11) is 3.71. The normalized spacial score (nSPS) is 28.1. The molecule has 2 aromatic carbocycles. The third-order valence-corrected chi connectivity index (χ3v) is 11.4. The van der Waals surface area contributed by atoms with Gasteiger partial charge in [-0.05, 0) is 121 Å². The first-order chi connectivity index (χ1) is 20.4. The molecule has 0 unspecified atom stereocenters. The number of hydrogen-bond donors (Lipinski definition) is 1. The Hall–Kier alpha value is -2.33. The first-order valence-corrected chi connectivity index (χ1v) is 17.0. The number of hydrogen-bond acceptors (Lipinski definition) is 3. The standard InChI is InChI=1S/C38H55NO3/c1-5-6-24-39(3)36(41)13-11-9-7-8-10-12-27-14-16-28(17-15-27)33-26-38(2)34(22-23-35(38)40)32-20-18-29-25-30(42-4)19-21-31(29)37(32)33/h14-17,19,21,25,32-35,37,40H,5-13,18,20,22-24,26H2,1-4H3/t32-,33+,34-,35-,37+,38-/m0/s1. The summed E-state index contributed by atoms with van der Waals surface area (Å²) >= 11 is 0. The summed E-state index contributed by atoms with van der Waals surface area (Å²) in [6, 6.07) is 16.3. The van der Waals surface area contributed by atoms with Crippen molar-refractivity contribution in [1.82, 2.24) is 4.90 Å². The summed E-state index contributed by atoms with van der Waals surface area (Å²) in [5, 5.41) is 11.2. The van der Waals surface area contributed by atoms with E-state index in [4.69, 9.17) is 4.74 Å². The highest BCUT2D eigenvalue weighted by Gasteiger charge is 2.57. The fraction of sp³-hybridized carbons (Fsp3) is 0.658. The lowest BCUT2D eigenvalue weighted by molar-refractivity contribution is -0.130. The zero-order chi connectivity index (χ0) is 29.7. The average Bonchev–Trinajstić information content (AvgIpc) is 3.32. The van der Waals surface area contributed by atoms with E-state index >= 15 is 0 Å². The van der Waals surface area contributed by atoms with Gasteiger partial charge >= 0.3 is 0 Å². The predicted molar refractivity (Wildman–Crippen MR) is 172 cm³/mol. The smallest absolute Gasteiger partial charge is 0.222 e. The summed E-state index contributed by atoms with van der Waals surface area (Å²) in [5.74, 6) is 3.48. The van der Waals surface area contributed by atoms with E-state index < -0.39 is 0 Å². The zero-order valence-electron chi connectivity index (χ0n) is 26.7. The quantitative estimate of drug-likeness (QED) is 0.245. The molecule has 2 aromatic rings. The Morgan fingerprint density at radius 3 is 2.52 bits per heavy atom. The summed E-state index contributed by atoms with van der Waals surface area (Å²) < 4.78 is 5.58. The molecule has 5 rings (SSSR count). The first-order valence-electron chi connectivity index (χ1n) is 17.0. The molecular formula is C38H55NO3. The van der Waals surface area contributed by atoms with Crippen LogP contribution in [0.3, 0.4) is 0 Å². The van der Waals surface area contributed by atoms with Crippen LogP contribution in [-0.4, -0.2) is 42.7 Å². The van der Waals surface area contributed by atoms with Crippen molar-refractivity contribution < 1.29 is 14.6 Å². The van der Waals surface area contributed by atoms with Crippen LogP contribution >= 0.6 is 0 Å². The predicted octanol–water partition coefficient (Wildman–Crippen LogP) is 8.45. The van der Waals surface area contributed by atoms with Crippen molar-refractivity contribution in [2.75, 3.05) is 20.7 Å². The Morgan fingerprint density at radius 1 is 1.00 bits per heavy atom. The van der Waals surface area contributed by atoms with Crippen LogP contribution in [0.15, 0.2) is 42.5 Å². The number of carbonyl (C=O) groups is 1. The monoisotopic (exact) mass is 573 g/mol. The third-order valence-electron chi connectivity index (χ3n) is 11.4. The molecule has 42 heavy (non-hydrogen) atoms. The fourth-order valence-electron chi connectivity index (χ4n) is 8.89. The number of carbonyl (C=O) groups excluding carboxylic acids is 1. The van der Waals surface area contributed by atoms with E-state index in [0.717, 1.165) is 63.7 Å². The van der Waals surface area contributed by atoms with E-state index in [1.165, 1.54) is 54.4 Å². The molecule has 6 atom stereocenters. The van der Waals surface area contributed by atoms with Crippen LogP contribution in [0.25, 0.3) is 0 Å². The number of ether oxygens (including phenoxy) is 1. The van der Waals surface area contributed by atoms with Crippen LogP contribution in [0, 0.1) is 17.3 Å². The zero-order valence-corrected chi connectivity index (χ0v) is 26.7. The van der Waals surface area contributed by atoms with E-state index in [-0.39, 0.29) is 11.5 Å². The molecule has 0 heterocycles. The molecule has 0 saturated heterocycles. The van der Waals surface area contributed by atoms with E-state index in [1.54, 1.807) is 7.11 Å². The van der Waals surface area contributed by atoms with Crippen LogP contribution in [0.1, 0.15) is 125 Å². The molecule has 0 aliphatic heterocycles. The second-order valence-electron chi connectivity index (χ2n) is 14.0. The molecular weight excluding hydrogens is 518 g/mol. The van der Waals surface area contributed by atoms with Crippen molar-refractivity contribution in [3.05, 3.63) is 64.7 Å². The Labute approximate surface area is 255 Å². The van der Waals surface area contributed by atoms with Crippen molar-refractivity contribution in [3.8, 4) is 5.75 Å². The lowest BCUT2D eigenvalue weighted by Gasteiger charge is -2.54. The number of aliphatic hydroxyl groups is 1. The van der Waals surface area contributed by atoms with E-state index in [2.05, 4.69) is 56.3 Å². The maximum Gasteiger partial charge on any atom is 0.222 e. The van der Waals surface area contributed by atoms with Crippen molar-refractivity contribution in [2.45, 2.75) is 122 Å². The van der Waals surface area contributed by atoms with E-state index in [0.29, 0.717) is 36.0 Å². The average molecular weight is 574 g/mol. The van der Waals surface area contributed by atoms with Gasteiger partial charge in [0.25, 0.3) is 0 Å². The Kier molecular flexibility index (Phi) is 10.3. The van der Waals surface area contributed by atoms with Gasteiger partial charge in [-0.3, -0.25) is 4.79 Å². The van der Waals surface area contributed by atoms with Crippen molar-refractivity contribution >= 4 is 5.91 Å². The van der Waals surface area contributed by atoms with Crippen molar-refractivity contribution in [1.29, 1.82) is 0 Å². The number of methoxy groups -OCH3 is 1. The van der Waals surface area contributed by atoms with Crippen LogP contribution in [0.5, 0.6) is 5.75 Å². The molecule has 1 amide bonds. The van der Waals surface area contributed by atoms with Crippen LogP contribution in [0.4, 0.5) is 0 Å². The Bertz CT molecular complexity index is 1180. The van der Waals surface area contributed by atoms with Gasteiger partial charge < -0.3 is 14.7 Å². The minimum atomic E-state index is -0.178. The molecule has 1 N–H and O–H groups in total. The summed E-state index contributed by atoms with van der Waals surface area (Å²) in [6.45, 7) is 5.44. The Balaban J connectivity index is 1.18. The van der Waals surface area contributed by atoms with Gasteiger partial charge in [0.2, 0.25) is 5.91 Å². The maximum absolute atomic E-state index is 12.2. The lowest BCUT2D eigenvalue weighted by Crippen LogP contribution is -2.47. The number of aryl methyl sites for hydroxylation is 2. The molecule has 0 aromatic heterocycles. The molecule has 0 bridgehead atoms. The van der Waals surface area contributed by atoms with Gasteiger partial charge in [0.15, 0.2) is 0 Å². The van der Waals surface area contributed by atoms with E-state index in [1.807, 2.05) is 11.9 Å². The van der Waals surface area contributed by atoms with Crippen molar-refractivity contribution in [2.24, 2.45) is 17.3 Å². The van der Waals surface area contributed by atoms with Crippen LogP contribution in [0.2, 0.25) is 0 Å². The molecule has 3 aliphatic carbocycles. The molecule has 0 spiro atoms. The minimum absolute atomic E-state index is 0.0179. The fourth-order valence-corrected chi connectivity index (χ4v) is 8.89. The lowest BCUT2D eigenvalue weighted by atomic mass is 9.51. The highest BCUT2D eigenvalue weighted by molar-refractivity contribution is 5.75. The minimum Gasteiger partial charge on any atom is -0.497 e. The number of rotatable bonds is 13. The first kappa shape index (κ1) is 31.1. The van der Waals surface area contributed by atoms with Gasteiger partial charge in [-0.25, -0.2) is 0 Å². The van der Waals surface area contributed by atoms with Crippen LogP contribution < -0.4 is 4.74 Å². The van der Waals surface area contributed by atoms with Gasteiger partial charge in [0.1, 0.15) is 5.75 Å². The number of benzene rings is 2. The van der Waals surface area contributed by atoms with E-state index in [9.17, 15) is 9.90 Å². The molecule has 4 heteroatoms. The summed E-state index contributed by atoms with van der Waals surface area (Å²) in [6.07, 6.45) is 15.2. The molecule has 3 aliphatic rings. The topological polar surface area (TPSA) is 49.8 Å². The van der Waals surface area contributed by atoms with Gasteiger partial charge in [0.05, 0.1) is 13.2 Å². The second kappa shape index (κ2) is 14.0. The summed E-state index contributed by atoms with van der Waals surface area (Å²) in [4.78, 5) is 14.1. The number of nitrogens with zero attached hydrogens (tertiary/aromatic N) is 1. The Morgan fingerprint density at radius 2 is 1.76 bits per heavy atom. The second-order valence-corrected chi connectivity index (χ2v) is 14.0. The van der Waals surface area contributed by atoms with Gasteiger partial charge in [0, 0.05) is 20.0 Å². The van der Waals surface area contributed by atoms with Crippen molar-refractivity contribution in [3.63, 3.8) is 0 Å².